The lowest BCUT2D eigenvalue weighted by Gasteiger charge is -2.41. The Labute approximate surface area is 175 Å². The number of thioether (sulfide) groups is 1. The van der Waals surface area contributed by atoms with Gasteiger partial charge in [-0.2, -0.15) is 0 Å². The highest BCUT2D eigenvalue weighted by atomic mass is 32.2. The summed E-state index contributed by atoms with van der Waals surface area (Å²) in [7, 11) is 0. The molecule has 1 N–H and O–H groups in total. The Morgan fingerprint density at radius 3 is 2.59 bits per heavy atom. The van der Waals surface area contributed by atoms with Gasteiger partial charge in [0.2, 0.25) is 5.91 Å². The lowest BCUT2D eigenvalue weighted by molar-refractivity contribution is -0.118. The average molecular weight is 411 g/mol. The van der Waals surface area contributed by atoms with Crippen LogP contribution in [0.5, 0.6) is 5.75 Å². The molecular formula is C23H26N2O3S. The maximum atomic E-state index is 11.7. The Kier molecular flexibility index (Phi) is 5.81. The molecule has 6 heteroatoms. The van der Waals surface area contributed by atoms with Crippen LogP contribution in [0.4, 0.5) is 10.5 Å². The minimum atomic E-state index is -0.337. The second kappa shape index (κ2) is 8.49. The fourth-order valence-corrected chi connectivity index (χ4v) is 5.01. The molecule has 29 heavy (non-hydrogen) atoms. The summed E-state index contributed by atoms with van der Waals surface area (Å²) in [4.78, 5) is 25.5. The first-order valence-electron chi connectivity index (χ1n) is 10.1. The van der Waals surface area contributed by atoms with Crippen LogP contribution in [0.2, 0.25) is 0 Å². The summed E-state index contributed by atoms with van der Waals surface area (Å²) in [6.07, 6.45) is 2.70. The summed E-state index contributed by atoms with van der Waals surface area (Å²) in [5.74, 6) is 0.627. The Morgan fingerprint density at radius 2 is 1.90 bits per heavy atom. The molecule has 2 atom stereocenters. The van der Waals surface area contributed by atoms with E-state index >= 15 is 0 Å². The normalized spacial score (nSPS) is 21.3. The van der Waals surface area contributed by atoms with E-state index in [9.17, 15) is 9.59 Å². The molecule has 0 aromatic heterocycles. The quantitative estimate of drug-likeness (QED) is 0.774. The SMILES string of the molecule is CC(C)N1c2ccccc2CCC1COc1ccc(CC2SC(=O)NC2=O)cc1. The maximum Gasteiger partial charge on any atom is 0.286 e. The van der Waals surface area contributed by atoms with Gasteiger partial charge in [0.1, 0.15) is 12.4 Å². The van der Waals surface area contributed by atoms with Crippen molar-refractivity contribution in [3.63, 3.8) is 0 Å². The van der Waals surface area contributed by atoms with Crippen molar-refractivity contribution in [2.75, 3.05) is 11.5 Å². The number of carbonyl (C=O) groups is 2. The Morgan fingerprint density at radius 1 is 1.14 bits per heavy atom. The molecule has 5 nitrogen and oxygen atoms in total. The summed E-state index contributed by atoms with van der Waals surface area (Å²) >= 11 is 1.06. The predicted octanol–water partition coefficient (Wildman–Crippen LogP) is 4.19. The summed E-state index contributed by atoms with van der Waals surface area (Å²) in [6, 6.07) is 17.2. The van der Waals surface area contributed by atoms with E-state index in [0.717, 1.165) is 35.9 Å². The van der Waals surface area contributed by atoms with E-state index < -0.39 is 0 Å². The van der Waals surface area contributed by atoms with Gasteiger partial charge in [0.05, 0.1) is 11.3 Å². The second-order valence-corrected chi connectivity index (χ2v) is 9.04. The van der Waals surface area contributed by atoms with Gasteiger partial charge >= 0.3 is 0 Å². The number of rotatable bonds is 6. The molecule has 1 fully saturated rings. The number of aryl methyl sites for hydroxylation is 1. The van der Waals surface area contributed by atoms with Crippen molar-refractivity contribution in [3.05, 3.63) is 59.7 Å². The molecule has 2 aromatic carbocycles. The zero-order chi connectivity index (χ0) is 20.4. The van der Waals surface area contributed by atoms with Crippen LogP contribution < -0.4 is 15.0 Å². The minimum absolute atomic E-state index is 0.202. The van der Waals surface area contributed by atoms with Crippen LogP contribution in [0.3, 0.4) is 0 Å². The van der Waals surface area contributed by atoms with Gasteiger partial charge in [-0.05, 0) is 62.4 Å². The summed E-state index contributed by atoms with van der Waals surface area (Å²) in [6.45, 7) is 5.10. The van der Waals surface area contributed by atoms with Crippen LogP contribution >= 0.6 is 11.8 Å². The first-order chi connectivity index (χ1) is 14.0. The number of carbonyl (C=O) groups excluding carboxylic acids is 2. The Balaban J connectivity index is 1.37. The number of para-hydroxylation sites is 1. The topological polar surface area (TPSA) is 58.6 Å². The number of benzene rings is 2. The lowest BCUT2D eigenvalue weighted by atomic mass is 9.94. The highest BCUT2D eigenvalue weighted by molar-refractivity contribution is 8.15. The average Bonchev–Trinajstić information content (AvgIpc) is 3.03. The zero-order valence-electron chi connectivity index (χ0n) is 16.8. The van der Waals surface area contributed by atoms with Crippen LogP contribution in [0.15, 0.2) is 48.5 Å². The molecule has 0 radical (unpaired) electrons. The minimum Gasteiger partial charge on any atom is -0.491 e. The fraction of sp³-hybridized carbons (Fsp3) is 0.391. The number of hydrogen-bond donors (Lipinski definition) is 1. The lowest BCUT2D eigenvalue weighted by Crippen LogP contribution is -2.47. The van der Waals surface area contributed by atoms with E-state index in [4.69, 9.17) is 4.74 Å². The number of amides is 2. The Bertz CT molecular complexity index is 897. The molecule has 0 bridgehead atoms. The molecule has 0 aliphatic carbocycles. The highest BCUT2D eigenvalue weighted by Gasteiger charge is 2.31. The van der Waals surface area contributed by atoms with Crippen molar-refractivity contribution >= 4 is 28.6 Å². The van der Waals surface area contributed by atoms with Crippen molar-refractivity contribution in [1.29, 1.82) is 0 Å². The molecule has 152 valence electrons. The fourth-order valence-electron chi connectivity index (χ4n) is 4.15. The molecular weight excluding hydrogens is 384 g/mol. The van der Waals surface area contributed by atoms with E-state index in [0.29, 0.717) is 25.1 Å². The predicted molar refractivity (Wildman–Crippen MR) is 117 cm³/mol. The van der Waals surface area contributed by atoms with Crippen LogP contribution in [-0.2, 0) is 17.6 Å². The largest absolute Gasteiger partial charge is 0.491 e. The molecule has 2 aromatic rings. The maximum absolute atomic E-state index is 11.7. The third-order valence-corrected chi connectivity index (χ3v) is 6.50. The highest BCUT2D eigenvalue weighted by Crippen LogP contribution is 2.32. The van der Waals surface area contributed by atoms with E-state index in [2.05, 4.69) is 48.3 Å². The number of imide groups is 1. The monoisotopic (exact) mass is 410 g/mol. The van der Waals surface area contributed by atoms with Gasteiger partial charge in [0.15, 0.2) is 0 Å². The van der Waals surface area contributed by atoms with Crippen molar-refractivity contribution < 1.29 is 14.3 Å². The van der Waals surface area contributed by atoms with Crippen molar-refractivity contribution in [3.8, 4) is 5.75 Å². The first kappa shape index (κ1) is 19.8. The van der Waals surface area contributed by atoms with E-state index in [1.54, 1.807) is 0 Å². The van der Waals surface area contributed by atoms with Crippen molar-refractivity contribution in [2.45, 2.75) is 50.4 Å². The smallest absolute Gasteiger partial charge is 0.286 e. The van der Waals surface area contributed by atoms with Gasteiger partial charge < -0.3 is 9.64 Å². The molecule has 2 unspecified atom stereocenters. The number of ether oxygens (including phenoxy) is 1. The second-order valence-electron chi connectivity index (χ2n) is 7.86. The van der Waals surface area contributed by atoms with E-state index in [1.165, 1.54) is 11.3 Å². The molecule has 2 aliphatic heterocycles. The standard InChI is InChI=1S/C23H26N2O3S/c1-15(2)25-18(10-9-17-5-3-4-6-20(17)25)14-28-19-11-7-16(8-12-19)13-21-22(26)24-23(27)29-21/h3-8,11-12,15,18,21H,9-10,13-14H2,1-2H3,(H,24,26,27). The van der Waals surface area contributed by atoms with Gasteiger partial charge in [-0.1, -0.05) is 42.1 Å². The summed E-state index contributed by atoms with van der Waals surface area (Å²) in [5, 5.41) is 1.73. The van der Waals surface area contributed by atoms with Crippen molar-refractivity contribution in [1.82, 2.24) is 5.32 Å². The first-order valence-corrected chi connectivity index (χ1v) is 11.0. The van der Waals surface area contributed by atoms with Gasteiger partial charge in [-0.3, -0.25) is 14.9 Å². The number of anilines is 1. The summed E-state index contributed by atoms with van der Waals surface area (Å²) in [5.41, 5.74) is 3.75. The number of hydrogen-bond acceptors (Lipinski definition) is 5. The third-order valence-electron chi connectivity index (χ3n) is 5.52. The zero-order valence-corrected chi connectivity index (χ0v) is 17.6. The van der Waals surface area contributed by atoms with Crippen molar-refractivity contribution in [2.24, 2.45) is 0 Å². The van der Waals surface area contributed by atoms with E-state index in [-0.39, 0.29) is 16.4 Å². The third kappa shape index (κ3) is 4.42. The Hall–Kier alpha value is -2.47. The molecule has 1 saturated heterocycles. The number of nitrogens with zero attached hydrogens (tertiary/aromatic N) is 1. The van der Waals surface area contributed by atoms with Gasteiger partial charge in [-0.25, -0.2) is 0 Å². The molecule has 0 saturated carbocycles. The number of fused-ring (bicyclic) bond motifs is 1. The molecule has 2 aliphatic rings. The van der Waals surface area contributed by atoms with Gasteiger partial charge in [-0.15, -0.1) is 0 Å². The van der Waals surface area contributed by atoms with Gasteiger partial charge in [0, 0.05) is 11.7 Å². The molecule has 2 heterocycles. The van der Waals surface area contributed by atoms with E-state index in [1.807, 2.05) is 24.3 Å². The number of nitrogens with one attached hydrogen (secondary N) is 1. The molecule has 4 rings (SSSR count). The van der Waals surface area contributed by atoms with Crippen LogP contribution in [0.25, 0.3) is 0 Å². The van der Waals surface area contributed by atoms with Gasteiger partial charge in [0.25, 0.3) is 5.24 Å². The molecule has 2 amide bonds. The van der Waals surface area contributed by atoms with Crippen LogP contribution in [-0.4, -0.2) is 35.1 Å². The summed E-state index contributed by atoms with van der Waals surface area (Å²) < 4.78 is 6.12. The molecule has 0 spiro atoms. The van der Waals surface area contributed by atoms with Crippen LogP contribution in [0.1, 0.15) is 31.4 Å². The van der Waals surface area contributed by atoms with Crippen LogP contribution in [0, 0.1) is 0 Å².